The highest BCUT2D eigenvalue weighted by Crippen LogP contribution is 2.32. The molecule has 3 nitrogen and oxygen atoms in total. The van der Waals surface area contributed by atoms with Gasteiger partial charge in [0, 0.05) is 25.3 Å². The molecule has 0 bridgehead atoms. The molecule has 1 N–H and O–H groups in total. The summed E-state index contributed by atoms with van der Waals surface area (Å²) in [4.78, 5) is 7.19. The summed E-state index contributed by atoms with van der Waals surface area (Å²) < 4.78 is 0. The van der Waals surface area contributed by atoms with Crippen molar-refractivity contribution in [1.82, 2.24) is 9.88 Å². The van der Waals surface area contributed by atoms with Crippen LogP contribution in [-0.4, -0.2) is 29.5 Å². The molecular weight excluding hydrogens is 246 g/mol. The van der Waals surface area contributed by atoms with Gasteiger partial charge in [-0.05, 0) is 43.4 Å². The van der Waals surface area contributed by atoms with E-state index in [0.29, 0.717) is 6.04 Å². The first-order valence-electron chi connectivity index (χ1n) is 8.14. The summed E-state index contributed by atoms with van der Waals surface area (Å²) in [6, 6.07) is 4.97. The lowest BCUT2D eigenvalue weighted by atomic mass is 10.1. The molecule has 0 aliphatic carbocycles. The summed E-state index contributed by atoms with van der Waals surface area (Å²) in [7, 11) is 0. The Kier molecular flexibility index (Phi) is 5.84. The third-order valence-electron chi connectivity index (χ3n) is 3.97. The second kappa shape index (κ2) is 7.63. The zero-order chi connectivity index (χ0) is 14.4. The van der Waals surface area contributed by atoms with Gasteiger partial charge < -0.3 is 5.32 Å². The fourth-order valence-corrected chi connectivity index (χ4v) is 2.99. The molecule has 0 amide bonds. The molecular formula is C17H29N3. The van der Waals surface area contributed by atoms with Crippen LogP contribution in [0.2, 0.25) is 0 Å². The molecule has 1 atom stereocenters. The maximum Gasteiger partial charge on any atom is 0.125 e. The molecule has 1 aliphatic heterocycles. The highest BCUT2D eigenvalue weighted by Gasteiger charge is 2.26. The number of likely N-dealkylation sites (tertiary alicyclic amines) is 1. The monoisotopic (exact) mass is 275 g/mol. The van der Waals surface area contributed by atoms with E-state index in [9.17, 15) is 0 Å². The Hall–Kier alpha value is -1.09. The summed E-state index contributed by atoms with van der Waals surface area (Å²) >= 11 is 0. The lowest BCUT2D eigenvalue weighted by Crippen LogP contribution is -2.27. The van der Waals surface area contributed by atoms with E-state index in [-0.39, 0.29) is 0 Å². The first-order chi connectivity index (χ1) is 9.70. The Bertz CT molecular complexity index is 386. The van der Waals surface area contributed by atoms with Crippen molar-refractivity contribution in [3.8, 4) is 0 Å². The van der Waals surface area contributed by atoms with E-state index in [1.165, 1.54) is 44.3 Å². The number of rotatable bonds is 7. The van der Waals surface area contributed by atoms with Crippen molar-refractivity contribution in [2.45, 2.75) is 52.5 Å². The molecule has 112 valence electrons. The molecule has 1 saturated heterocycles. The van der Waals surface area contributed by atoms with E-state index in [1.807, 2.05) is 0 Å². The topological polar surface area (TPSA) is 28.2 Å². The number of hydrogen-bond donors (Lipinski definition) is 1. The van der Waals surface area contributed by atoms with Crippen molar-refractivity contribution < 1.29 is 0 Å². The zero-order valence-electron chi connectivity index (χ0n) is 13.2. The molecule has 3 heteroatoms. The fraction of sp³-hybridized carbons (Fsp3) is 0.706. The van der Waals surface area contributed by atoms with Crippen molar-refractivity contribution in [2.75, 3.05) is 25.0 Å². The standard InChI is InChI=1S/C17H29N3/c1-4-5-10-18-17-9-8-15(12-19-17)16-7-6-11-20(16)13-14(2)3/h8-9,12,14,16H,4-7,10-11,13H2,1-3H3,(H,18,19)/t16-/m1/s1. The van der Waals surface area contributed by atoms with Crippen LogP contribution in [0.5, 0.6) is 0 Å². The minimum Gasteiger partial charge on any atom is -0.370 e. The van der Waals surface area contributed by atoms with Gasteiger partial charge in [-0.1, -0.05) is 33.3 Å². The number of nitrogens with zero attached hydrogens (tertiary/aromatic N) is 2. The van der Waals surface area contributed by atoms with Crippen LogP contribution in [0.15, 0.2) is 18.3 Å². The third-order valence-corrected chi connectivity index (χ3v) is 3.97. The molecule has 0 spiro atoms. The van der Waals surface area contributed by atoms with E-state index >= 15 is 0 Å². The van der Waals surface area contributed by atoms with Gasteiger partial charge in [-0.3, -0.25) is 4.90 Å². The predicted octanol–water partition coefficient (Wildman–Crippen LogP) is 4.09. The lowest BCUT2D eigenvalue weighted by molar-refractivity contribution is 0.228. The smallest absolute Gasteiger partial charge is 0.125 e. The van der Waals surface area contributed by atoms with Crippen molar-refractivity contribution in [3.05, 3.63) is 23.9 Å². The van der Waals surface area contributed by atoms with Gasteiger partial charge in [-0.2, -0.15) is 0 Å². The number of aromatic nitrogens is 1. The minimum absolute atomic E-state index is 0.578. The van der Waals surface area contributed by atoms with Crippen LogP contribution in [0.1, 0.15) is 58.1 Å². The molecule has 1 aromatic heterocycles. The number of nitrogens with one attached hydrogen (secondary N) is 1. The predicted molar refractivity (Wildman–Crippen MR) is 86.0 cm³/mol. The summed E-state index contributed by atoms with van der Waals surface area (Å²) in [6.45, 7) is 10.3. The molecule has 2 rings (SSSR count). The second-order valence-corrected chi connectivity index (χ2v) is 6.30. The first-order valence-corrected chi connectivity index (χ1v) is 8.14. The lowest BCUT2D eigenvalue weighted by Gasteiger charge is -2.26. The van der Waals surface area contributed by atoms with Crippen LogP contribution in [-0.2, 0) is 0 Å². The van der Waals surface area contributed by atoms with E-state index in [1.54, 1.807) is 0 Å². The average molecular weight is 275 g/mol. The number of anilines is 1. The van der Waals surface area contributed by atoms with Crippen LogP contribution in [0, 0.1) is 5.92 Å². The Morgan fingerprint density at radius 2 is 2.25 bits per heavy atom. The van der Waals surface area contributed by atoms with Crippen LogP contribution >= 0.6 is 0 Å². The normalized spacial score (nSPS) is 19.7. The highest BCUT2D eigenvalue weighted by molar-refractivity contribution is 5.36. The molecule has 0 aromatic carbocycles. The number of unbranched alkanes of at least 4 members (excludes halogenated alkanes) is 1. The Labute approximate surface area is 123 Å². The van der Waals surface area contributed by atoms with Crippen LogP contribution < -0.4 is 5.32 Å². The van der Waals surface area contributed by atoms with Crippen LogP contribution in [0.3, 0.4) is 0 Å². The van der Waals surface area contributed by atoms with E-state index in [0.717, 1.165) is 18.3 Å². The van der Waals surface area contributed by atoms with Gasteiger partial charge in [-0.15, -0.1) is 0 Å². The maximum absolute atomic E-state index is 4.57. The van der Waals surface area contributed by atoms with Gasteiger partial charge in [0.15, 0.2) is 0 Å². The van der Waals surface area contributed by atoms with Gasteiger partial charge in [0.05, 0.1) is 0 Å². The number of pyridine rings is 1. The molecule has 0 radical (unpaired) electrons. The highest BCUT2D eigenvalue weighted by atomic mass is 15.2. The van der Waals surface area contributed by atoms with Crippen molar-refractivity contribution in [2.24, 2.45) is 5.92 Å². The summed E-state index contributed by atoms with van der Waals surface area (Å²) in [5.41, 5.74) is 1.38. The Morgan fingerprint density at radius 3 is 2.90 bits per heavy atom. The van der Waals surface area contributed by atoms with Gasteiger partial charge in [0.25, 0.3) is 0 Å². The summed E-state index contributed by atoms with van der Waals surface area (Å²) in [6.07, 6.45) is 7.08. The summed E-state index contributed by atoms with van der Waals surface area (Å²) in [5, 5.41) is 3.38. The molecule has 1 aromatic rings. The largest absolute Gasteiger partial charge is 0.370 e. The van der Waals surface area contributed by atoms with E-state index < -0.39 is 0 Å². The Morgan fingerprint density at radius 1 is 1.40 bits per heavy atom. The van der Waals surface area contributed by atoms with Crippen LogP contribution in [0.4, 0.5) is 5.82 Å². The molecule has 0 unspecified atom stereocenters. The van der Waals surface area contributed by atoms with Gasteiger partial charge >= 0.3 is 0 Å². The maximum atomic E-state index is 4.57. The SMILES string of the molecule is CCCCNc1ccc([C@H]2CCCN2CC(C)C)cn1. The Balaban J connectivity index is 1.94. The average Bonchev–Trinajstić information content (AvgIpc) is 2.87. The third kappa shape index (κ3) is 4.20. The fourth-order valence-electron chi connectivity index (χ4n) is 2.99. The molecule has 1 fully saturated rings. The summed E-state index contributed by atoms with van der Waals surface area (Å²) in [5.74, 6) is 1.74. The minimum atomic E-state index is 0.578. The molecule has 20 heavy (non-hydrogen) atoms. The number of hydrogen-bond acceptors (Lipinski definition) is 3. The van der Waals surface area contributed by atoms with E-state index in [2.05, 4.69) is 54.3 Å². The van der Waals surface area contributed by atoms with Crippen molar-refractivity contribution in [3.63, 3.8) is 0 Å². The molecule has 1 aliphatic rings. The quantitative estimate of drug-likeness (QED) is 0.760. The van der Waals surface area contributed by atoms with Crippen molar-refractivity contribution >= 4 is 5.82 Å². The van der Waals surface area contributed by atoms with E-state index in [4.69, 9.17) is 0 Å². The first kappa shape index (κ1) is 15.3. The van der Waals surface area contributed by atoms with Gasteiger partial charge in [0.2, 0.25) is 0 Å². The van der Waals surface area contributed by atoms with Gasteiger partial charge in [-0.25, -0.2) is 4.98 Å². The van der Waals surface area contributed by atoms with Gasteiger partial charge in [0.1, 0.15) is 5.82 Å². The second-order valence-electron chi connectivity index (χ2n) is 6.30. The molecule has 2 heterocycles. The van der Waals surface area contributed by atoms with Crippen LogP contribution in [0.25, 0.3) is 0 Å². The molecule has 0 saturated carbocycles. The van der Waals surface area contributed by atoms with Crippen molar-refractivity contribution in [1.29, 1.82) is 0 Å². The zero-order valence-corrected chi connectivity index (χ0v) is 13.2.